The molecule has 1 N–H and O–H groups in total. The Labute approximate surface area is 168 Å². The van der Waals surface area contributed by atoms with Gasteiger partial charge >= 0.3 is 0 Å². The van der Waals surface area contributed by atoms with Gasteiger partial charge < -0.3 is 5.32 Å². The molecule has 1 aromatic carbocycles. The van der Waals surface area contributed by atoms with Crippen LogP contribution in [0.2, 0.25) is 0 Å². The zero-order chi connectivity index (χ0) is 18.6. The Morgan fingerprint density at radius 2 is 2.15 bits per heavy atom. The second kappa shape index (κ2) is 8.28. The number of nitrogens with one attached hydrogen (secondary N) is 1. The van der Waals surface area contributed by atoms with E-state index in [2.05, 4.69) is 10.3 Å². The van der Waals surface area contributed by atoms with Crippen molar-refractivity contribution in [1.29, 1.82) is 0 Å². The maximum Gasteiger partial charge on any atom is 0.268 e. The van der Waals surface area contributed by atoms with E-state index < -0.39 is 0 Å². The lowest BCUT2D eigenvalue weighted by Crippen LogP contribution is -2.26. The van der Waals surface area contributed by atoms with E-state index in [9.17, 15) is 9.59 Å². The van der Waals surface area contributed by atoms with Crippen LogP contribution < -0.4 is 10.9 Å². The number of aromatic nitrogens is 3. The predicted octanol–water partition coefficient (Wildman–Crippen LogP) is 3.13. The summed E-state index contributed by atoms with van der Waals surface area (Å²) in [4.78, 5) is 34.6. The summed E-state index contributed by atoms with van der Waals surface area (Å²) in [6.07, 6.45) is 2.44. The Kier molecular flexibility index (Phi) is 5.61. The summed E-state index contributed by atoms with van der Waals surface area (Å²) in [6.45, 7) is 0.441. The van der Waals surface area contributed by atoms with E-state index in [0.29, 0.717) is 16.8 Å². The topological polar surface area (TPSA) is 76.9 Å². The number of benzene rings is 1. The van der Waals surface area contributed by atoms with Gasteiger partial charge in [-0.3, -0.25) is 14.2 Å². The van der Waals surface area contributed by atoms with Crippen LogP contribution in [0.15, 0.2) is 56.8 Å². The fourth-order valence-electron chi connectivity index (χ4n) is 2.71. The minimum Gasteiger partial charge on any atom is -0.301 e. The number of thiazole rings is 1. The van der Waals surface area contributed by atoms with Crippen molar-refractivity contribution in [1.82, 2.24) is 14.5 Å². The first-order valence-corrected chi connectivity index (χ1v) is 11.2. The van der Waals surface area contributed by atoms with Gasteiger partial charge in [-0.25, -0.2) is 9.97 Å². The number of carbonyl (C=O) groups is 1. The second-order valence-corrected chi connectivity index (χ2v) is 8.76. The predicted molar refractivity (Wildman–Crippen MR) is 110 cm³/mol. The first-order chi connectivity index (χ1) is 13.2. The molecule has 9 heteroatoms. The molecule has 0 saturated heterocycles. The van der Waals surface area contributed by atoms with Crippen LogP contribution in [0.5, 0.6) is 0 Å². The minimum atomic E-state index is -0.162. The van der Waals surface area contributed by atoms with E-state index in [1.54, 1.807) is 27.9 Å². The highest BCUT2D eigenvalue weighted by Gasteiger charge is 2.22. The molecule has 0 unspecified atom stereocenters. The van der Waals surface area contributed by atoms with Crippen LogP contribution in [0.25, 0.3) is 0 Å². The highest BCUT2D eigenvalue weighted by molar-refractivity contribution is 8.00. The molecular formula is C18H16N4O2S3. The average Bonchev–Trinajstić information content (AvgIpc) is 3.35. The van der Waals surface area contributed by atoms with E-state index >= 15 is 0 Å². The third-order valence-electron chi connectivity index (χ3n) is 3.94. The van der Waals surface area contributed by atoms with Gasteiger partial charge in [-0.1, -0.05) is 42.1 Å². The molecule has 1 aliphatic rings. The lowest BCUT2D eigenvalue weighted by atomic mass is 10.2. The van der Waals surface area contributed by atoms with Crippen molar-refractivity contribution in [3.8, 4) is 0 Å². The third kappa shape index (κ3) is 4.26. The Bertz CT molecular complexity index is 1000. The molecule has 0 atom stereocenters. The monoisotopic (exact) mass is 416 g/mol. The number of anilines is 1. The van der Waals surface area contributed by atoms with Crippen molar-refractivity contribution in [2.24, 2.45) is 0 Å². The van der Waals surface area contributed by atoms with Gasteiger partial charge in [0.15, 0.2) is 10.3 Å². The molecule has 2 aromatic heterocycles. The summed E-state index contributed by atoms with van der Waals surface area (Å²) < 4.78 is 1.67. The van der Waals surface area contributed by atoms with Gasteiger partial charge in [0.1, 0.15) is 0 Å². The largest absolute Gasteiger partial charge is 0.301 e. The van der Waals surface area contributed by atoms with Crippen LogP contribution >= 0.6 is 34.9 Å². The van der Waals surface area contributed by atoms with Gasteiger partial charge in [-0.15, -0.1) is 23.1 Å². The average molecular weight is 417 g/mol. The Morgan fingerprint density at radius 3 is 2.93 bits per heavy atom. The summed E-state index contributed by atoms with van der Waals surface area (Å²) in [5.41, 5.74) is 1.85. The van der Waals surface area contributed by atoms with Gasteiger partial charge in [0.05, 0.1) is 22.9 Å². The van der Waals surface area contributed by atoms with E-state index in [4.69, 9.17) is 4.98 Å². The van der Waals surface area contributed by atoms with Gasteiger partial charge in [0.25, 0.3) is 5.56 Å². The van der Waals surface area contributed by atoms with Crippen LogP contribution in [0.4, 0.5) is 5.13 Å². The number of nitrogens with zero attached hydrogens (tertiary/aromatic N) is 3. The molecule has 1 aliphatic heterocycles. The molecule has 0 spiro atoms. The number of amides is 1. The molecule has 4 rings (SSSR count). The molecule has 1 amide bonds. The molecule has 6 nitrogen and oxygen atoms in total. The Hall–Kier alpha value is -2.10. The van der Waals surface area contributed by atoms with Crippen LogP contribution in [0.1, 0.15) is 11.3 Å². The molecule has 3 aromatic rings. The van der Waals surface area contributed by atoms with Gasteiger partial charge in [-0.05, 0) is 5.56 Å². The molecule has 3 heterocycles. The summed E-state index contributed by atoms with van der Waals surface area (Å²) in [5, 5.41) is 5.71. The Balaban J connectivity index is 1.58. The summed E-state index contributed by atoms with van der Waals surface area (Å²) >= 11 is 4.22. The highest BCUT2D eigenvalue weighted by Crippen LogP contribution is 2.29. The summed E-state index contributed by atoms with van der Waals surface area (Å²) in [7, 11) is 0. The normalized spacial score (nSPS) is 12.7. The Morgan fingerprint density at radius 1 is 1.30 bits per heavy atom. The first kappa shape index (κ1) is 18.3. The van der Waals surface area contributed by atoms with Crippen molar-refractivity contribution < 1.29 is 4.79 Å². The lowest BCUT2D eigenvalue weighted by Gasteiger charge is -2.13. The van der Waals surface area contributed by atoms with Crippen LogP contribution in [-0.2, 0) is 17.8 Å². The number of hydrogen-bond acceptors (Lipinski definition) is 7. The molecule has 0 saturated carbocycles. The fraction of sp³-hybridized carbons (Fsp3) is 0.222. The van der Waals surface area contributed by atoms with E-state index in [1.165, 1.54) is 23.1 Å². The zero-order valence-electron chi connectivity index (χ0n) is 14.3. The molecule has 138 valence electrons. The summed E-state index contributed by atoms with van der Waals surface area (Å²) in [6, 6.07) is 9.81. The maximum absolute atomic E-state index is 13.0. The van der Waals surface area contributed by atoms with E-state index in [1.807, 2.05) is 30.3 Å². The van der Waals surface area contributed by atoms with Crippen molar-refractivity contribution in [3.05, 3.63) is 63.5 Å². The van der Waals surface area contributed by atoms with Gasteiger partial charge in [-0.2, -0.15) is 0 Å². The number of fused-ring (bicyclic) bond motifs is 1. The van der Waals surface area contributed by atoms with Crippen LogP contribution in [0.3, 0.4) is 0 Å². The standard InChI is InChI=1S/C18H16N4O2S3/c23-14(21-17-19-7-9-26-17)11-27-18-20-13-6-8-25-15(13)16(24)22(18)10-12-4-2-1-3-5-12/h1-5,7,9H,6,8,10-11H2,(H,19,21,23). The molecule has 0 bridgehead atoms. The first-order valence-electron chi connectivity index (χ1n) is 8.33. The zero-order valence-corrected chi connectivity index (χ0v) is 16.7. The van der Waals surface area contributed by atoms with Gasteiger partial charge in [0, 0.05) is 23.8 Å². The van der Waals surface area contributed by atoms with Gasteiger partial charge in [0.2, 0.25) is 5.91 Å². The number of carbonyl (C=O) groups excluding carboxylic acids is 1. The summed E-state index contributed by atoms with van der Waals surface area (Å²) in [5.74, 6) is 0.888. The third-order valence-corrected chi connectivity index (χ3v) is 6.71. The van der Waals surface area contributed by atoms with Crippen molar-refractivity contribution >= 4 is 45.9 Å². The number of aryl methyl sites for hydroxylation is 1. The van der Waals surface area contributed by atoms with E-state index in [-0.39, 0.29) is 17.2 Å². The van der Waals surface area contributed by atoms with Crippen molar-refractivity contribution in [2.45, 2.75) is 23.0 Å². The lowest BCUT2D eigenvalue weighted by molar-refractivity contribution is -0.113. The van der Waals surface area contributed by atoms with Crippen LogP contribution in [-0.4, -0.2) is 31.9 Å². The molecular weight excluding hydrogens is 400 g/mol. The van der Waals surface area contributed by atoms with E-state index in [0.717, 1.165) is 28.3 Å². The molecule has 27 heavy (non-hydrogen) atoms. The minimum absolute atomic E-state index is 0.0193. The number of hydrogen-bond donors (Lipinski definition) is 1. The number of thioether (sulfide) groups is 2. The highest BCUT2D eigenvalue weighted by atomic mass is 32.2. The van der Waals surface area contributed by atoms with Crippen LogP contribution in [0, 0.1) is 0 Å². The smallest absolute Gasteiger partial charge is 0.268 e. The SMILES string of the molecule is O=C(CSc1nc2c(c(=O)n1Cc1ccccc1)SCC2)Nc1nccs1. The molecule has 0 fully saturated rings. The molecule has 0 radical (unpaired) electrons. The second-order valence-electron chi connectivity index (χ2n) is 5.82. The maximum atomic E-state index is 13.0. The molecule has 0 aliphatic carbocycles. The van der Waals surface area contributed by atoms with Crippen molar-refractivity contribution in [2.75, 3.05) is 16.8 Å². The number of rotatable bonds is 6. The quantitative estimate of drug-likeness (QED) is 0.491. The van der Waals surface area contributed by atoms with Crippen molar-refractivity contribution in [3.63, 3.8) is 0 Å². The fourth-order valence-corrected chi connectivity index (χ4v) is 5.11.